The van der Waals surface area contributed by atoms with Crippen LogP contribution in [0.3, 0.4) is 0 Å². The summed E-state index contributed by atoms with van der Waals surface area (Å²) >= 11 is 6.03. The molecular formula is C26H24ClN3O2. The van der Waals surface area contributed by atoms with Crippen molar-refractivity contribution >= 4 is 29.5 Å². The second-order valence-electron chi connectivity index (χ2n) is 7.86. The van der Waals surface area contributed by atoms with Crippen molar-refractivity contribution in [1.29, 1.82) is 0 Å². The van der Waals surface area contributed by atoms with E-state index in [0.717, 1.165) is 34.0 Å². The van der Waals surface area contributed by atoms with E-state index in [1.165, 1.54) is 11.4 Å². The van der Waals surface area contributed by atoms with Crippen LogP contribution in [0.5, 0.6) is 0 Å². The molecule has 4 rings (SSSR count). The second-order valence-corrected chi connectivity index (χ2v) is 8.26. The van der Waals surface area contributed by atoms with Crippen molar-refractivity contribution in [1.82, 2.24) is 9.13 Å². The van der Waals surface area contributed by atoms with E-state index in [9.17, 15) is 9.90 Å². The van der Waals surface area contributed by atoms with Crippen molar-refractivity contribution in [2.45, 2.75) is 27.7 Å². The molecule has 2 heterocycles. The molecule has 162 valence electrons. The molecule has 0 unspecified atom stereocenters. The summed E-state index contributed by atoms with van der Waals surface area (Å²) in [6.45, 7) is 8.16. The topological polar surface area (TPSA) is 59.5 Å². The SMILES string of the molecule is Cc1ccc(C)n1-c1ccc(N=Cc2cc(C)n(-c3ccc(Cl)c(C(=O)O)c3)c2C)cc1. The van der Waals surface area contributed by atoms with Crippen LogP contribution in [-0.4, -0.2) is 26.4 Å². The standard InChI is InChI=1S/C26H24ClN3O2/c1-16-5-6-17(2)29(16)22-9-7-21(8-10-22)28-15-20-13-18(3)30(19(20)4)23-11-12-25(27)24(14-23)26(31)32/h5-15H,1-4H3,(H,31,32). The molecule has 2 aromatic carbocycles. The number of hydrogen-bond donors (Lipinski definition) is 1. The number of aromatic nitrogens is 2. The fourth-order valence-electron chi connectivity index (χ4n) is 4.04. The van der Waals surface area contributed by atoms with Crippen LogP contribution in [0.2, 0.25) is 5.02 Å². The maximum absolute atomic E-state index is 11.5. The van der Waals surface area contributed by atoms with E-state index in [-0.39, 0.29) is 10.6 Å². The molecule has 0 fully saturated rings. The van der Waals surface area contributed by atoms with Crippen molar-refractivity contribution in [3.8, 4) is 11.4 Å². The minimum atomic E-state index is -1.05. The zero-order valence-corrected chi connectivity index (χ0v) is 19.2. The number of aliphatic imine (C=N–C) groups is 1. The van der Waals surface area contributed by atoms with E-state index in [4.69, 9.17) is 11.6 Å². The van der Waals surface area contributed by atoms with Crippen LogP contribution in [0.15, 0.2) is 65.7 Å². The van der Waals surface area contributed by atoms with E-state index in [2.05, 4.69) is 47.7 Å². The highest BCUT2D eigenvalue weighted by Crippen LogP contribution is 2.25. The number of carbonyl (C=O) groups is 1. The van der Waals surface area contributed by atoms with Crippen molar-refractivity contribution in [3.63, 3.8) is 0 Å². The van der Waals surface area contributed by atoms with Gasteiger partial charge in [0.05, 0.1) is 16.3 Å². The van der Waals surface area contributed by atoms with Crippen LogP contribution in [0.25, 0.3) is 11.4 Å². The monoisotopic (exact) mass is 445 g/mol. The molecule has 0 bridgehead atoms. The summed E-state index contributed by atoms with van der Waals surface area (Å²) in [5.74, 6) is -1.05. The smallest absolute Gasteiger partial charge is 0.337 e. The Bertz CT molecular complexity index is 1320. The fourth-order valence-corrected chi connectivity index (χ4v) is 4.24. The Kier molecular flexibility index (Phi) is 5.76. The molecular weight excluding hydrogens is 422 g/mol. The molecule has 0 aliphatic carbocycles. The normalized spacial score (nSPS) is 11.4. The molecule has 0 amide bonds. The van der Waals surface area contributed by atoms with E-state index in [1.54, 1.807) is 12.1 Å². The van der Waals surface area contributed by atoms with E-state index in [0.29, 0.717) is 0 Å². The summed E-state index contributed by atoms with van der Waals surface area (Å²) in [7, 11) is 0. The van der Waals surface area contributed by atoms with Gasteiger partial charge in [-0.3, -0.25) is 4.99 Å². The first kappa shape index (κ1) is 21.7. The van der Waals surface area contributed by atoms with Gasteiger partial charge in [0.2, 0.25) is 0 Å². The Morgan fingerprint density at radius 3 is 2.09 bits per heavy atom. The number of nitrogens with zero attached hydrogens (tertiary/aromatic N) is 3. The van der Waals surface area contributed by atoms with Gasteiger partial charge in [-0.15, -0.1) is 0 Å². The van der Waals surface area contributed by atoms with Crippen LogP contribution in [0, 0.1) is 27.7 Å². The van der Waals surface area contributed by atoms with Gasteiger partial charge in [-0.25, -0.2) is 4.79 Å². The molecule has 0 saturated heterocycles. The first-order valence-corrected chi connectivity index (χ1v) is 10.7. The zero-order valence-electron chi connectivity index (χ0n) is 18.4. The lowest BCUT2D eigenvalue weighted by molar-refractivity contribution is 0.0697. The Labute approximate surface area is 192 Å². The number of aryl methyl sites for hydroxylation is 3. The average molecular weight is 446 g/mol. The van der Waals surface area contributed by atoms with Crippen molar-refractivity contribution < 1.29 is 9.90 Å². The highest BCUT2D eigenvalue weighted by molar-refractivity contribution is 6.33. The van der Waals surface area contributed by atoms with Crippen molar-refractivity contribution in [2.24, 2.45) is 4.99 Å². The lowest BCUT2D eigenvalue weighted by Gasteiger charge is -2.11. The Balaban J connectivity index is 1.62. The molecule has 0 aliphatic heterocycles. The van der Waals surface area contributed by atoms with Gasteiger partial charge in [0, 0.05) is 45.9 Å². The van der Waals surface area contributed by atoms with Gasteiger partial charge < -0.3 is 14.2 Å². The van der Waals surface area contributed by atoms with Gasteiger partial charge in [-0.05, 0) is 88.4 Å². The first-order chi connectivity index (χ1) is 15.3. The van der Waals surface area contributed by atoms with Crippen LogP contribution >= 0.6 is 11.6 Å². The Hall–Kier alpha value is -3.57. The van der Waals surface area contributed by atoms with E-state index in [1.807, 2.05) is 48.9 Å². The number of benzene rings is 2. The Morgan fingerprint density at radius 1 is 0.844 bits per heavy atom. The molecule has 4 aromatic rings. The quantitative estimate of drug-likeness (QED) is 0.351. The van der Waals surface area contributed by atoms with Gasteiger partial charge in [-0.1, -0.05) is 11.6 Å². The third kappa shape index (κ3) is 3.99. The lowest BCUT2D eigenvalue weighted by atomic mass is 10.2. The fraction of sp³-hybridized carbons (Fsp3) is 0.154. The zero-order chi connectivity index (χ0) is 23.0. The summed E-state index contributed by atoms with van der Waals surface area (Å²) in [5, 5.41) is 9.61. The lowest BCUT2D eigenvalue weighted by Crippen LogP contribution is -2.03. The Morgan fingerprint density at radius 2 is 1.47 bits per heavy atom. The molecule has 0 saturated carbocycles. The third-order valence-corrected chi connectivity index (χ3v) is 5.97. The molecule has 5 nitrogen and oxygen atoms in total. The summed E-state index contributed by atoms with van der Waals surface area (Å²) in [6, 6.07) is 19.4. The maximum Gasteiger partial charge on any atom is 0.337 e. The largest absolute Gasteiger partial charge is 0.478 e. The van der Waals surface area contributed by atoms with Crippen LogP contribution in [-0.2, 0) is 0 Å². The summed E-state index contributed by atoms with van der Waals surface area (Å²) < 4.78 is 4.21. The highest BCUT2D eigenvalue weighted by atomic mass is 35.5. The summed E-state index contributed by atoms with van der Waals surface area (Å²) in [6.07, 6.45) is 1.84. The number of carboxylic acid groups (broad SMARTS) is 1. The third-order valence-electron chi connectivity index (χ3n) is 5.64. The van der Waals surface area contributed by atoms with Crippen LogP contribution in [0.4, 0.5) is 5.69 Å². The first-order valence-electron chi connectivity index (χ1n) is 10.3. The van der Waals surface area contributed by atoms with Gasteiger partial charge in [0.15, 0.2) is 0 Å². The molecule has 6 heteroatoms. The van der Waals surface area contributed by atoms with E-state index < -0.39 is 5.97 Å². The molecule has 2 aromatic heterocycles. The predicted octanol–water partition coefficient (Wildman–Crippen LogP) is 6.60. The number of aromatic carboxylic acids is 1. The molecule has 1 N–H and O–H groups in total. The van der Waals surface area contributed by atoms with Crippen molar-refractivity contribution in [3.05, 3.63) is 99.6 Å². The minimum absolute atomic E-state index is 0.0835. The van der Waals surface area contributed by atoms with Crippen molar-refractivity contribution in [2.75, 3.05) is 0 Å². The summed E-state index contributed by atoms with van der Waals surface area (Å²) in [5.41, 5.74) is 8.12. The summed E-state index contributed by atoms with van der Waals surface area (Å²) in [4.78, 5) is 16.1. The molecule has 0 atom stereocenters. The number of hydrogen-bond acceptors (Lipinski definition) is 2. The van der Waals surface area contributed by atoms with Gasteiger partial charge in [0.1, 0.15) is 0 Å². The second kappa shape index (κ2) is 8.52. The van der Waals surface area contributed by atoms with Crippen LogP contribution in [0.1, 0.15) is 38.7 Å². The molecule has 0 spiro atoms. The molecule has 0 radical (unpaired) electrons. The number of halogens is 1. The minimum Gasteiger partial charge on any atom is -0.478 e. The predicted molar refractivity (Wildman–Crippen MR) is 130 cm³/mol. The number of rotatable bonds is 5. The highest BCUT2D eigenvalue weighted by Gasteiger charge is 2.14. The molecule has 32 heavy (non-hydrogen) atoms. The van der Waals surface area contributed by atoms with Gasteiger partial charge in [0.25, 0.3) is 0 Å². The van der Waals surface area contributed by atoms with E-state index >= 15 is 0 Å². The maximum atomic E-state index is 11.5. The average Bonchev–Trinajstić information content (AvgIpc) is 3.24. The number of carboxylic acids is 1. The molecule has 0 aliphatic rings. The van der Waals surface area contributed by atoms with Crippen LogP contribution < -0.4 is 0 Å². The van der Waals surface area contributed by atoms with Gasteiger partial charge in [-0.2, -0.15) is 0 Å². The van der Waals surface area contributed by atoms with Gasteiger partial charge >= 0.3 is 5.97 Å².